The number of amides is 1. The molecule has 0 unspecified atom stereocenters. The third-order valence-corrected chi connectivity index (χ3v) is 2.29. The minimum atomic E-state index is -0.350. The van der Waals surface area contributed by atoms with E-state index in [9.17, 15) is 4.79 Å². The van der Waals surface area contributed by atoms with E-state index in [1.54, 1.807) is 24.3 Å². The number of nitrogen functional groups attached to an aromatic ring is 1. The number of rotatable bonds is 3. The van der Waals surface area contributed by atoms with Gasteiger partial charge in [-0.1, -0.05) is 12.1 Å². The second-order valence-electron chi connectivity index (χ2n) is 3.51. The second kappa shape index (κ2) is 4.67. The molecule has 0 fully saturated rings. The van der Waals surface area contributed by atoms with Crippen molar-refractivity contribution in [1.82, 2.24) is 10.2 Å². The number of nitrogens with zero attached hydrogens (tertiary/aromatic N) is 1. The van der Waals surface area contributed by atoms with E-state index in [4.69, 9.17) is 10.8 Å². The van der Waals surface area contributed by atoms with Gasteiger partial charge < -0.3 is 16.2 Å². The minimum absolute atomic E-state index is 0.0261. The van der Waals surface area contributed by atoms with Crippen molar-refractivity contribution < 1.29 is 9.90 Å². The van der Waals surface area contributed by atoms with Crippen molar-refractivity contribution >= 4 is 17.3 Å². The van der Waals surface area contributed by atoms with Crippen molar-refractivity contribution in [3.63, 3.8) is 0 Å². The number of aromatic amines is 1. The first-order chi connectivity index (χ1) is 8.20. The average molecular weight is 232 g/mol. The third-order valence-electron chi connectivity index (χ3n) is 2.29. The van der Waals surface area contributed by atoms with Crippen LogP contribution in [0, 0.1) is 0 Å². The zero-order chi connectivity index (χ0) is 12.3. The molecule has 0 saturated carbocycles. The fourth-order valence-corrected chi connectivity index (χ4v) is 1.36. The third kappa shape index (κ3) is 2.43. The van der Waals surface area contributed by atoms with Crippen LogP contribution in [0.25, 0.3) is 0 Å². The second-order valence-corrected chi connectivity index (χ2v) is 3.51. The summed E-state index contributed by atoms with van der Waals surface area (Å²) in [5, 5.41) is 17.7. The summed E-state index contributed by atoms with van der Waals surface area (Å²) in [5.74, 6) is -0.350. The molecule has 0 saturated heterocycles. The molecule has 5 N–H and O–H groups in total. The number of benzene rings is 1. The molecule has 0 aliphatic rings. The zero-order valence-corrected chi connectivity index (χ0v) is 8.97. The van der Waals surface area contributed by atoms with Crippen molar-refractivity contribution in [2.45, 2.75) is 6.61 Å². The van der Waals surface area contributed by atoms with Gasteiger partial charge in [0.15, 0.2) is 0 Å². The molecule has 1 amide bonds. The highest BCUT2D eigenvalue weighted by Gasteiger charge is 2.11. The molecule has 1 aromatic carbocycles. The lowest BCUT2D eigenvalue weighted by molar-refractivity contribution is 0.102. The molecule has 1 heterocycles. The van der Waals surface area contributed by atoms with Gasteiger partial charge in [0.25, 0.3) is 5.91 Å². The minimum Gasteiger partial charge on any atom is -0.396 e. The number of hydrogen-bond donors (Lipinski definition) is 4. The summed E-state index contributed by atoms with van der Waals surface area (Å²) >= 11 is 0. The van der Waals surface area contributed by atoms with Gasteiger partial charge in [-0.25, -0.2) is 0 Å². The van der Waals surface area contributed by atoms with E-state index >= 15 is 0 Å². The van der Waals surface area contributed by atoms with E-state index in [2.05, 4.69) is 15.5 Å². The van der Waals surface area contributed by atoms with Gasteiger partial charge in [-0.2, -0.15) is 5.10 Å². The van der Waals surface area contributed by atoms with E-state index in [1.807, 2.05) is 0 Å². The van der Waals surface area contributed by atoms with E-state index in [0.717, 1.165) is 5.56 Å². The van der Waals surface area contributed by atoms with Crippen LogP contribution in [-0.2, 0) is 6.61 Å². The average Bonchev–Trinajstić information content (AvgIpc) is 2.76. The molecule has 88 valence electrons. The Kier molecular flexibility index (Phi) is 3.06. The fraction of sp³-hybridized carbons (Fsp3) is 0.0909. The fourth-order valence-electron chi connectivity index (χ4n) is 1.36. The van der Waals surface area contributed by atoms with Crippen molar-refractivity contribution in [3.8, 4) is 0 Å². The molecule has 17 heavy (non-hydrogen) atoms. The Labute approximate surface area is 97.5 Å². The summed E-state index contributed by atoms with van der Waals surface area (Å²) in [5.41, 5.74) is 7.49. The van der Waals surface area contributed by atoms with Crippen LogP contribution in [0.1, 0.15) is 16.1 Å². The lowest BCUT2D eigenvalue weighted by Gasteiger charge is -2.04. The number of aliphatic hydroxyl groups is 1. The number of hydrogen-bond acceptors (Lipinski definition) is 4. The molecular formula is C11H12N4O2. The highest BCUT2D eigenvalue weighted by atomic mass is 16.3. The predicted molar refractivity (Wildman–Crippen MR) is 63.3 cm³/mol. The van der Waals surface area contributed by atoms with E-state index in [-0.39, 0.29) is 18.2 Å². The number of carbonyl (C=O) groups excluding carboxylic acids is 1. The van der Waals surface area contributed by atoms with Crippen LogP contribution in [0.5, 0.6) is 0 Å². The number of aromatic nitrogens is 2. The van der Waals surface area contributed by atoms with Gasteiger partial charge in [0.1, 0.15) is 5.69 Å². The zero-order valence-electron chi connectivity index (χ0n) is 8.97. The van der Waals surface area contributed by atoms with Crippen LogP contribution in [0.2, 0.25) is 0 Å². The quantitative estimate of drug-likeness (QED) is 0.626. The van der Waals surface area contributed by atoms with Crippen LogP contribution in [0.15, 0.2) is 30.5 Å². The summed E-state index contributed by atoms with van der Waals surface area (Å²) < 4.78 is 0. The van der Waals surface area contributed by atoms with E-state index in [0.29, 0.717) is 11.4 Å². The van der Waals surface area contributed by atoms with Gasteiger partial charge in [0, 0.05) is 5.69 Å². The molecule has 0 atom stereocenters. The number of nitrogens with one attached hydrogen (secondary N) is 2. The van der Waals surface area contributed by atoms with Crippen LogP contribution in [0.4, 0.5) is 11.4 Å². The maximum atomic E-state index is 11.7. The molecule has 2 rings (SSSR count). The first kappa shape index (κ1) is 11.2. The van der Waals surface area contributed by atoms with Crippen LogP contribution >= 0.6 is 0 Å². The molecule has 0 bridgehead atoms. The first-order valence-corrected chi connectivity index (χ1v) is 5.00. The van der Waals surface area contributed by atoms with E-state index < -0.39 is 0 Å². The highest BCUT2D eigenvalue weighted by Crippen LogP contribution is 2.13. The number of H-pyrrole nitrogens is 1. The topological polar surface area (TPSA) is 104 Å². The van der Waals surface area contributed by atoms with Gasteiger partial charge in [-0.05, 0) is 17.7 Å². The largest absolute Gasteiger partial charge is 0.396 e. The monoisotopic (exact) mass is 232 g/mol. The molecule has 0 aliphatic carbocycles. The Hall–Kier alpha value is -2.34. The Morgan fingerprint density at radius 1 is 1.41 bits per heavy atom. The van der Waals surface area contributed by atoms with Crippen molar-refractivity contribution in [2.24, 2.45) is 0 Å². The van der Waals surface area contributed by atoms with Crippen molar-refractivity contribution in [1.29, 1.82) is 0 Å². The van der Waals surface area contributed by atoms with Crippen LogP contribution in [-0.4, -0.2) is 21.2 Å². The number of aliphatic hydroxyl groups excluding tert-OH is 1. The molecule has 0 aliphatic heterocycles. The Morgan fingerprint density at radius 2 is 2.12 bits per heavy atom. The summed E-state index contributed by atoms with van der Waals surface area (Å²) in [7, 11) is 0. The van der Waals surface area contributed by atoms with Gasteiger partial charge in [0.05, 0.1) is 18.5 Å². The molecule has 6 heteroatoms. The maximum Gasteiger partial charge on any atom is 0.275 e. The summed E-state index contributed by atoms with van der Waals surface area (Å²) in [6.45, 7) is -0.0261. The SMILES string of the molecule is Nc1cn[nH]c1C(=O)Nc1ccc(CO)cc1. The van der Waals surface area contributed by atoms with Gasteiger partial charge >= 0.3 is 0 Å². The highest BCUT2D eigenvalue weighted by molar-refractivity contribution is 6.06. The van der Waals surface area contributed by atoms with E-state index in [1.165, 1.54) is 6.20 Å². The number of carbonyl (C=O) groups is 1. The molecule has 0 radical (unpaired) electrons. The molecule has 6 nitrogen and oxygen atoms in total. The maximum absolute atomic E-state index is 11.7. The van der Waals surface area contributed by atoms with Gasteiger partial charge in [-0.15, -0.1) is 0 Å². The summed E-state index contributed by atoms with van der Waals surface area (Å²) in [6.07, 6.45) is 1.38. The Morgan fingerprint density at radius 3 is 2.65 bits per heavy atom. The Bertz CT molecular complexity index is 519. The van der Waals surface area contributed by atoms with Crippen LogP contribution < -0.4 is 11.1 Å². The standard InChI is InChI=1S/C11H12N4O2/c12-9-5-13-15-10(9)11(17)14-8-3-1-7(6-16)2-4-8/h1-5,16H,6,12H2,(H,13,15)(H,14,17). The van der Waals surface area contributed by atoms with Crippen molar-refractivity contribution in [3.05, 3.63) is 41.7 Å². The van der Waals surface area contributed by atoms with Gasteiger partial charge in [-0.3, -0.25) is 9.89 Å². The smallest absolute Gasteiger partial charge is 0.275 e. The first-order valence-electron chi connectivity index (χ1n) is 5.00. The lowest BCUT2D eigenvalue weighted by atomic mass is 10.2. The van der Waals surface area contributed by atoms with Crippen molar-refractivity contribution in [2.75, 3.05) is 11.1 Å². The summed E-state index contributed by atoms with van der Waals surface area (Å²) in [6, 6.07) is 6.86. The molecule has 2 aromatic rings. The summed E-state index contributed by atoms with van der Waals surface area (Å²) in [4.78, 5) is 11.7. The molecular weight excluding hydrogens is 220 g/mol. The molecule has 1 aromatic heterocycles. The lowest BCUT2D eigenvalue weighted by Crippen LogP contribution is -2.14. The normalized spacial score (nSPS) is 10.2. The van der Waals surface area contributed by atoms with Gasteiger partial charge in [0.2, 0.25) is 0 Å². The number of anilines is 2. The molecule has 0 spiro atoms. The predicted octanol–water partition coefficient (Wildman–Crippen LogP) is 0.737. The van der Waals surface area contributed by atoms with Crippen LogP contribution in [0.3, 0.4) is 0 Å². The Balaban J connectivity index is 2.10. The number of nitrogens with two attached hydrogens (primary N) is 1.